The highest BCUT2D eigenvalue weighted by molar-refractivity contribution is 5.86. The first-order valence-electron chi connectivity index (χ1n) is 10.1. The minimum absolute atomic E-state index is 0.0493. The maximum Gasteiger partial charge on any atom is 0.155 e. The van der Waals surface area contributed by atoms with Crippen molar-refractivity contribution in [3.8, 4) is 0 Å². The van der Waals surface area contributed by atoms with Crippen molar-refractivity contribution < 1.29 is 9.90 Å². The zero-order valence-electron chi connectivity index (χ0n) is 17.1. The molecule has 29 heavy (non-hydrogen) atoms. The van der Waals surface area contributed by atoms with Gasteiger partial charge in [0, 0.05) is 19.0 Å². The van der Waals surface area contributed by atoms with Gasteiger partial charge in [0.15, 0.2) is 5.78 Å². The minimum atomic E-state index is -0.804. The standard InChI is InChI=1S/C26H29NO2/c1-20(26(29)24-16-10-5-11-17-24)25(28)21(2)27(18-22-12-6-3-7-13-22)19-23-14-8-4-9-15-23/h3-17,20-21,26,29H,18-19H2,1-2H3/t20-,21+,26-/m1/s1. The number of nitrogens with zero attached hydrogens (tertiary/aromatic N) is 1. The first kappa shape index (κ1) is 21.0. The van der Waals surface area contributed by atoms with E-state index in [0.29, 0.717) is 13.1 Å². The van der Waals surface area contributed by atoms with Crippen molar-refractivity contribution in [3.05, 3.63) is 108 Å². The van der Waals surface area contributed by atoms with Crippen LogP contribution in [0.15, 0.2) is 91.0 Å². The molecule has 1 N–H and O–H groups in total. The predicted octanol–water partition coefficient (Wildman–Crippen LogP) is 5.02. The zero-order chi connectivity index (χ0) is 20.6. The highest BCUT2D eigenvalue weighted by Crippen LogP contribution is 2.25. The molecule has 3 aromatic rings. The number of hydrogen-bond acceptors (Lipinski definition) is 3. The zero-order valence-corrected chi connectivity index (χ0v) is 17.1. The molecule has 3 atom stereocenters. The lowest BCUT2D eigenvalue weighted by molar-refractivity contribution is -0.131. The topological polar surface area (TPSA) is 40.5 Å². The molecule has 0 aromatic heterocycles. The van der Waals surface area contributed by atoms with Crippen LogP contribution in [0, 0.1) is 5.92 Å². The molecular formula is C26H29NO2. The average Bonchev–Trinajstić information content (AvgIpc) is 2.78. The van der Waals surface area contributed by atoms with Gasteiger partial charge in [0.2, 0.25) is 0 Å². The summed E-state index contributed by atoms with van der Waals surface area (Å²) in [5, 5.41) is 10.7. The van der Waals surface area contributed by atoms with Crippen molar-refractivity contribution in [1.82, 2.24) is 4.90 Å². The lowest BCUT2D eigenvalue weighted by Gasteiger charge is -2.31. The smallest absolute Gasteiger partial charge is 0.155 e. The van der Waals surface area contributed by atoms with Gasteiger partial charge in [0.1, 0.15) is 0 Å². The number of carbonyl (C=O) groups excluding carboxylic acids is 1. The van der Waals surface area contributed by atoms with Gasteiger partial charge in [-0.25, -0.2) is 0 Å². The van der Waals surface area contributed by atoms with Crippen LogP contribution in [0.2, 0.25) is 0 Å². The molecule has 0 amide bonds. The van der Waals surface area contributed by atoms with Crippen LogP contribution in [0.3, 0.4) is 0 Å². The van der Waals surface area contributed by atoms with E-state index in [2.05, 4.69) is 29.2 Å². The summed E-state index contributed by atoms with van der Waals surface area (Å²) in [6.07, 6.45) is -0.804. The monoisotopic (exact) mass is 387 g/mol. The molecule has 3 nitrogen and oxygen atoms in total. The third kappa shape index (κ3) is 5.63. The van der Waals surface area contributed by atoms with E-state index in [1.807, 2.05) is 80.6 Å². The summed E-state index contributed by atoms with van der Waals surface area (Å²) in [6, 6.07) is 29.5. The number of carbonyl (C=O) groups is 1. The van der Waals surface area contributed by atoms with Gasteiger partial charge in [-0.2, -0.15) is 0 Å². The van der Waals surface area contributed by atoms with Gasteiger partial charge >= 0.3 is 0 Å². The third-order valence-electron chi connectivity index (χ3n) is 5.48. The summed E-state index contributed by atoms with van der Waals surface area (Å²) in [6.45, 7) is 5.12. The van der Waals surface area contributed by atoms with Crippen LogP contribution >= 0.6 is 0 Å². The van der Waals surface area contributed by atoms with Crippen LogP contribution in [-0.4, -0.2) is 21.8 Å². The summed E-state index contributed by atoms with van der Waals surface area (Å²) in [4.78, 5) is 15.5. The Kier molecular flexibility index (Phi) is 7.34. The maximum atomic E-state index is 13.3. The largest absolute Gasteiger partial charge is 0.388 e. The summed E-state index contributed by atoms with van der Waals surface area (Å²) in [5.41, 5.74) is 3.11. The van der Waals surface area contributed by atoms with Crippen LogP contribution in [0.1, 0.15) is 36.6 Å². The summed E-state index contributed by atoms with van der Waals surface area (Å²) in [7, 11) is 0. The highest BCUT2D eigenvalue weighted by Gasteiger charge is 2.30. The molecule has 0 unspecified atom stereocenters. The Bertz CT molecular complexity index is 839. The molecule has 0 fully saturated rings. The number of rotatable bonds is 9. The van der Waals surface area contributed by atoms with Gasteiger partial charge in [-0.05, 0) is 23.6 Å². The van der Waals surface area contributed by atoms with Gasteiger partial charge in [-0.15, -0.1) is 0 Å². The van der Waals surface area contributed by atoms with E-state index in [0.717, 1.165) is 5.56 Å². The molecule has 0 saturated heterocycles. The van der Waals surface area contributed by atoms with E-state index in [4.69, 9.17) is 0 Å². The Morgan fingerprint density at radius 1 is 0.759 bits per heavy atom. The van der Waals surface area contributed by atoms with Gasteiger partial charge in [0.25, 0.3) is 0 Å². The molecule has 3 heteroatoms. The van der Waals surface area contributed by atoms with E-state index in [9.17, 15) is 9.90 Å². The van der Waals surface area contributed by atoms with Crippen molar-refractivity contribution in [2.24, 2.45) is 5.92 Å². The highest BCUT2D eigenvalue weighted by atomic mass is 16.3. The van der Waals surface area contributed by atoms with Crippen molar-refractivity contribution >= 4 is 5.78 Å². The van der Waals surface area contributed by atoms with Crippen molar-refractivity contribution in [2.45, 2.75) is 39.1 Å². The second-order valence-corrected chi connectivity index (χ2v) is 7.60. The first-order valence-corrected chi connectivity index (χ1v) is 10.1. The molecule has 0 bridgehead atoms. The lowest BCUT2D eigenvalue weighted by Crippen LogP contribution is -2.41. The summed E-state index contributed by atoms with van der Waals surface area (Å²) >= 11 is 0. The molecule has 0 saturated carbocycles. The minimum Gasteiger partial charge on any atom is -0.388 e. The summed E-state index contributed by atoms with van der Waals surface area (Å²) < 4.78 is 0. The average molecular weight is 388 g/mol. The quantitative estimate of drug-likeness (QED) is 0.561. The molecular weight excluding hydrogens is 358 g/mol. The normalized spacial score (nSPS) is 14.3. The van der Waals surface area contributed by atoms with E-state index in [1.54, 1.807) is 0 Å². The molecule has 150 valence electrons. The number of ketones is 1. The van der Waals surface area contributed by atoms with Crippen LogP contribution < -0.4 is 0 Å². The number of hydrogen-bond donors (Lipinski definition) is 1. The Labute approximate surface area is 173 Å². The molecule has 0 aliphatic heterocycles. The molecule has 0 aliphatic carbocycles. The van der Waals surface area contributed by atoms with Crippen LogP contribution in [0.25, 0.3) is 0 Å². The van der Waals surface area contributed by atoms with Crippen LogP contribution in [0.5, 0.6) is 0 Å². The first-order chi connectivity index (χ1) is 14.1. The van der Waals surface area contributed by atoms with Crippen molar-refractivity contribution in [3.63, 3.8) is 0 Å². The second-order valence-electron chi connectivity index (χ2n) is 7.60. The van der Waals surface area contributed by atoms with Gasteiger partial charge in [-0.1, -0.05) is 97.9 Å². The fourth-order valence-electron chi connectivity index (χ4n) is 3.62. The molecule has 0 spiro atoms. The van der Waals surface area contributed by atoms with Crippen LogP contribution in [-0.2, 0) is 17.9 Å². The number of Topliss-reactive ketones (excluding diaryl/α,β-unsaturated/α-hetero) is 1. The summed E-state index contributed by atoms with van der Waals surface area (Å²) in [5.74, 6) is -0.435. The Morgan fingerprint density at radius 3 is 1.62 bits per heavy atom. The van der Waals surface area contributed by atoms with Gasteiger partial charge < -0.3 is 5.11 Å². The van der Waals surface area contributed by atoms with Gasteiger partial charge in [0.05, 0.1) is 12.1 Å². The maximum absolute atomic E-state index is 13.3. The fraction of sp³-hybridized carbons (Fsp3) is 0.269. The second kappa shape index (κ2) is 10.1. The number of benzene rings is 3. The third-order valence-corrected chi connectivity index (χ3v) is 5.48. The Balaban J connectivity index is 1.78. The van der Waals surface area contributed by atoms with E-state index in [-0.39, 0.29) is 11.8 Å². The molecule has 0 aliphatic rings. The lowest BCUT2D eigenvalue weighted by atomic mass is 9.90. The number of aliphatic hydroxyl groups excluding tert-OH is 1. The van der Waals surface area contributed by atoms with Gasteiger partial charge in [-0.3, -0.25) is 9.69 Å². The van der Waals surface area contributed by atoms with E-state index in [1.165, 1.54) is 11.1 Å². The van der Waals surface area contributed by atoms with Crippen molar-refractivity contribution in [1.29, 1.82) is 0 Å². The Morgan fingerprint density at radius 2 is 1.17 bits per heavy atom. The number of aliphatic hydroxyl groups is 1. The molecule has 0 heterocycles. The SMILES string of the molecule is C[C@H](C(=O)[C@H](C)N(Cc1ccccc1)Cc1ccccc1)[C@@H](O)c1ccccc1. The van der Waals surface area contributed by atoms with Crippen LogP contribution in [0.4, 0.5) is 0 Å². The molecule has 0 radical (unpaired) electrons. The fourth-order valence-corrected chi connectivity index (χ4v) is 3.62. The molecule has 3 rings (SSSR count). The van der Waals surface area contributed by atoms with Crippen molar-refractivity contribution in [2.75, 3.05) is 0 Å². The predicted molar refractivity (Wildman–Crippen MR) is 117 cm³/mol. The van der Waals surface area contributed by atoms with E-state index >= 15 is 0 Å². The van der Waals surface area contributed by atoms with E-state index < -0.39 is 12.0 Å². The molecule has 3 aromatic carbocycles. The Hall–Kier alpha value is -2.75.